The average molecular weight is 721 g/mol. The summed E-state index contributed by atoms with van der Waals surface area (Å²) in [4.78, 5) is 47.2. The maximum absolute atomic E-state index is 16.5. The number of piperidine rings is 1. The molecule has 4 aliphatic rings. The van der Waals surface area contributed by atoms with E-state index in [4.69, 9.17) is 9.15 Å². The molecular formula is C41H45FN6O5. The Bertz CT molecular complexity index is 2310. The minimum absolute atomic E-state index is 0.000753. The van der Waals surface area contributed by atoms with Crippen LogP contribution < -0.4 is 25.7 Å². The number of aromatic nitrogens is 1. The number of benzene rings is 3. The van der Waals surface area contributed by atoms with Crippen LogP contribution in [-0.2, 0) is 4.79 Å². The number of carbonyl (C=O) groups is 2. The third-order valence-electron chi connectivity index (χ3n) is 11.8. The van der Waals surface area contributed by atoms with Crippen LogP contribution in [0.2, 0.25) is 0 Å². The summed E-state index contributed by atoms with van der Waals surface area (Å²) in [6.07, 6.45) is 9.22. The van der Waals surface area contributed by atoms with Gasteiger partial charge in [0.1, 0.15) is 27.9 Å². The van der Waals surface area contributed by atoms with E-state index in [-0.39, 0.29) is 34.3 Å². The molecule has 0 bridgehead atoms. The van der Waals surface area contributed by atoms with Crippen LogP contribution in [0.5, 0.6) is 11.5 Å². The van der Waals surface area contributed by atoms with E-state index >= 15 is 4.39 Å². The fraction of sp³-hybridized carbons (Fsp3) is 0.439. The molecule has 5 aromatic rings. The molecule has 2 atom stereocenters. The summed E-state index contributed by atoms with van der Waals surface area (Å²) in [5, 5.41) is 7.93. The summed E-state index contributed by atoms with van der Waals surface area (Å²) in [6, 6.07) is 12.9. The molecular weight excluding hydrogens is 675 g/mol. The number of para-hydroxylation sites is 1. The Hall–Kier alpha value is -4.94. The van der Waals surface area contributed by atoms with Gasteiger partial charge in [-0.05, 0) is 83.4 Å². The summed E-state index contributed by atoms with van der Waals surface area (Å²) in [6.45, 7) is 5.17. The predicted octanol–water partition coefficient (Wildman–Crippen LogP) is 5.92. The van der Waals surface area contributed by atoms with Crippen molar-refractivity contribution >= 4 is 50.3 Å². The van der Waals surface area contributed by atoms with Gasteiger partial charge in [-0.25, -0.2) is 4.39 Å². The van der Waals surface area contributed by atoms with Gasteiger partial charge in [0.25, 0.3) is 5.91 Å². The molecule has 9 rings (SSSR count). The van der Waals surface area contributed by atoms with Crippen molar-refractivity contribution in [2.75, 3.05) is 57.8 Å². The molecule has 2 aromatic heterocycles. The number of amides is 2. The normalized spacial score (nSPS) is 20.3. The lowest BCUT2D eigenvalue weighted by molar-refractivity contribution is -0.122. The van der Waals surface area contributed by atoms with Crippen LogP contribution in [0.15, 0.2) is 57.9 Å². The fourth-order valence-electron chi connectivity index (χ4n) is 8.89. The summed E-state index contributed by atoms with van der Waals surface area (Å²) >= 11 is 0. The number of nitrogens with one attached hydrogen (secondary N) is 2. The Morgan fingerprint density at radius 2 is 1.79 bits per heavy atom. The van der Waals surface area contributed by atoms with E-state index in [1.54, 1.807) is 10.8 Å². The molecule has 3 fully saturated rings. The zero-order valence-electron chi connectivity index (χ0n) is 30.1. The Morgan fingerprint density at radius 1 is 0.943 bits per heavy atom. The number of rotatable bonds is 9. The molecule has 0 radical (unpaired) electrons. The lowest BCUT2D eigenvalue weighted by Gasteiger charge is -2.29. The zero-order valence-corrected chi connectivity index (χ0v) is 30.1. The van der Waals surface area contributed by atoms with Gasteiger partial charge in [-0.3, -0.25) is 14.4 Å². The molecule has 2 amide bonds. The second kappa shape index (κ2) is 13.8. The molecule has 12 heteroatoms. The Labute approximate surface area is 306 Å². The van der Waals surface area contributed by atoms with Gasteiger partial charge in [0, 0.05) is 67.7 Å². The maximum atomic E-state index is 16.5. The highest BCUT2D eigenvalue weighted by atomic mass is 19.1. The summed E-state index contributed by atoms with van der Waals surface area (Å²) in [5.74, 6) is -0.452. The standard InChI is InChI=1S/C41H45FN6O5/c1-45-15-7-8-26(45)11-14-43-41(51)30-24-48-32-22-34-28(27-9-3-4-10-33(27)52-34)21-35(32)53-40-37(48)29(39(30)50)20-31(42)38(40)47-19-12-25(23-47)44-36(49)13-18-46-16-5-2-6-17-46/h3-4,9-10,20-22,24-26H,2,5-8,11-19,23H2,1H3,(H,43,51)(H,44,49)/t25-,26?/m1/s1. The Kier molecular flexibility index (Phi) is 8.82. The van der Waals surface area contributed by atoms with E-state index < -0.39 is 17.2 Å². The molecule has 0 spiro atoms. The van der Waals surface area contributed by atoms with Crippen molar-refractivity contribution in [1.29, 1.82) is 0 Å². The number of hydrogen-bond acceptors (Lipinski definition) is 8. The largest absolute Gasteiger partial charge is 0.456 e. The molecule has 2 N–H and O–H groups in total. The van der Waals surface area contributed by atoms with Crippen molar-refractivity contribution in [3.8, 4) is 17.2 Å². The van der Waals surface area contributed by atoms with Crippen LogP contribution in [-0.4, -0.2) is 91.1 Å². The molecule has 0 aliphatic carbocycles. The average Bonchev–Trinajstić information content (AvgIpc) is 3.89. The fourth-order valence-corrected chi connectivity index (χ4v) is 8.89. The third kappa shape index (κ3) is 6.21. The van der Waals surface area contributed by atoms with Crippen molar-refractivity contribution in [3.63, 3.8) is 0 Å². The first-order chi connectivity index (χ1) is 25.8. The first kappa shape index (κ1) is 33.9. The van der Waals surface area contributed by atoms with Gasteiger partial charge < -0.3 is 39.1 Å². The van der Waals surface area contributed by atoms with Gasteiger partial charge in [-0.2, -0.15) is 0 Å². The number of likely N-dealkylation sites (tertiary alicyclic amines) is 2. The highest BCUT2D eigenvalue weighted by Gasteiger charge is 2.34. The van der Waals surface area contributed by atoms with Crippen LogP contribution >= 0.6 is 0 Å². The minimum atomic E-state index is -0.617. The first-order valence-electron chi connectivity index (χ1n) is 19.1. The SMILES string of the molecule is CN1CCCC1CCNC(=O)c1cn2c3c(c(N4CC[C@@H](NC(=O)CCN5CCCCC5)C4)c(F)cc3c1=O)Oc1cc3c(cc1-2)oc1ccccc13. The van der Waals surface area contributed by atoms with E-state index in [1.165, 1.54) is 25.3 Å². The summed E-state index contributed by atoms with van der Waals surface area (Å²) < 4.78 is 31.1. The number of fused-ring (bicyclic) bond motifs is 5. The van der Waals surface area contributed by atoms with Gasteiger partial charge in [-0.15, -0.1) is 0 Å². The van der Waals surface area contributed by atoms with E-state index in [0.717, 1.165) is 56.2 Å². The molecule has 1 unspecified atom stereocenters. The summed E-state index contributed by atoms with van der Waals surface area (Å²) in [7, 11) is 2.09. The number of nitrogens with zero attached hydrogens (tertiary/aromatic N) is 4. The number of carbonyl (C=O) groups excluding carboxylic acids is 2. The van der Waals surface area contributed by atoms with Crippen LogP contribution in [0.25, 0.3) is 38.5 Å². The number of hydrogen-bond donors (Lipinski definition) is 2. The molecule has 3 saturated heterocycles. The van der Waals surface area contributed by atoms with Gasteiger partial charge in [0.15, 0.2) is 17.3 Å². The van der Waals surface area contributed by atoms with E-state index in [1.807, 2.05) is 41.3 Å². The van der Waals surface area contributed by atoms with E-state index in [0.29, 0.717) is 66.6 Å². The van der Waals surface area contributed by atoms with Crippen molar-refractivity contribution in [3.05, 3.63) is 70.3 Å². The highest BCUT2D eigenvalue weighted by Crippen LogP contribution is 2.49. The lowest BCUT2D eigenvalue weighted by atomic mass is 10.0. The Balaban J connectivity index is 1.07. The second-order valence-corrected chi connectivity index (χ2v) is 15.2. The van der Waals surface area contributed by atoms with Gasteiger partial charge in [-0.1, -0.05) is 24.6 Å². The number of furan rings is 1. The van der Waals surface area contributed by atoms with E-state index in [9.17, 15) is 14.4 Å². The smallest absolute Gasteiger partial charge is 0.256 e. The number of anilines is 1. The monoisotopic (exact) mass is 720 g/mol. The minimum Gasteiger partial charge on any atom is -0.456 e. The van der Waals surface area contributed by atoms with Crippen LogP contribution in [0.3, 0.4) is 0 Å². The maximum Gasteiger partial charge on any atom is 0.256 e. The quantitative estimate of drug-likeness (QED) is 0.190. The van der Waals surface area contributed by atoms with Crippen LogP contribution in [0, 0.1) is 5.82 Å². The third-order valence-corrected chi connectivity index (χ3v) is 11.8. The Morgan fingerprint density at radius 3 is 2.62 bits per heavy atom. The lowest BCUT2D eigenvalue weighted by Crippen LogP contribution is -2.39. The molecule has 4 aliphatic heterocycles. The van der Waals surface area contributed by atoms with Crippen molar-refractivity contribution in [1.82, 2.24) is 25.0 Å². The van der Waals surface area contributed by atoms with Crippen molar-refractivity contribution in [2.45, 2.75) is 63.5 Å². The molecule has 6 heterocycles. The van der Waals surface area contributed by atoms with Crippen LogP contribution in [0.4, 0.5) is 10.1 Å². The molecule has 276 valence electrons. The molecule has 53 heavy (non-hydrogen) atoms. The first-order valence-corrected chi connectivity index (χ1v) is 19.1. The molecule has 11 nitrogen and oxygen atoms in total. The predicted molar refractivity (Wildman–Crippen MR) is 203 cm³/mol. The highest BCUT2D eigenvalue weighted by molar-refractivity contribution is 6.07. The molecule has 3 aromatic carbocycles. The van der Waals surface area contributed by atoms with Gasteiger partial charge in [0.05, 0.1) is 11.1 Å². The van der Waals surface area contributed by atoms with Crippen molar-refractivity contribution < 1.29 is 23.1 Å². The zero-order chi connectivity index (χ0) is 36.2. The number of halogens is 1. The van der Waals surface area contributed by atoms with E-state index in [2.05, 4.69) is 27.5 Å². The summed E-state index contributed by atoms with van der Waals surface area (Å²) in [5.41, 5.74) is 1.90. The molecule has 0 saturated carbocycles. The second-order valence-electron chi connectivity index (χ2n) is 15.2. The van der Waals surface area contributed by atoms with Gasteiger partial charge >= 0.3 is 0 Å². The number of ether oxygens (including phenoxy) is 1. The number of pyridine rings is 1. The van der Waals surface area contributed by atoms with Crippen molar-refractivity contribution in [2.24, 2.45) is 0 Å². The topological polar surface area (TPSA) is 112 Å². The van der Waals surface area contributed by atoms with Gasteiger partial charge in [0.2, 0.25) is 11.3 Å². The van der Waals surface area contributed by atoms with Crippen LogP contribution in [0.1, 0.15) is 61.7 Å².